The molecule has 0 fully saturated rings. The Kier molecular flexibility index (Phi) is 6.21. The molecule has 2 heterocycles. The molecule has 2 aromatic heterocycles. The van der Waals surface area contributed by atoms with Crippen LogP contribution < -0.4 is 10.1 Å². The quantitative estimate of drug-likeness (QED) is 0.335. The summed E-state index contributed by atoms with van der Waals surface area (Å²) in [5.74, 6) is 0.434. The lowest BCUT2D eigenvalue weighted by atomic mass is 10.1. The van der Waals surface area contributed by atoms with E-state index in [4.69, 9.17) is 4.74 Å². The predicted molar refractivity (Wildman–Crippen MR) is 123 cm³/mol. The molecule has 0 saturated carbocycles. The van der Waals surface area contributed by atoms with Gasteiger partial charge in [0.15, 0.2) is 0 Å². The van der Waals surface area contributed by atoms with Gasteiger partial charge in [0.2, 0.25) is 0 Å². The number of methoxy groups -OCH3 is 1. The fourth-order valence-electron chi connectivity index (χ4n) is 3.13. The molecule has 30 heavy (non-hydrogen) atoms. The molecule has 0 unspecified atom stereocenters. The van der Waals surface area contributed by atoms with Gasteiger partial charge >= 0.3 is 5.97 Å². The second-order valence-electron chi connectivity index (χ2n) is 6.59. The Hall–Kier alpha value is -3.03. The van der Waals surface area contributed by atoms with Crippen molar-refractivity contribution in [1.29, 1.82) is 0 Å². The Morgan fingerprint density at radius 3 is 2.70 bits per heavy atom. The number of carboxylic acids is 1. The highest BCUT2D eigenvalue weighted by atomic mass is 32.2. The summed E-state index contributed by atoms with van der Waals surface area (Å²) >= 11 is 2.93. The summed E-state index contributed by atoms with van der Waals surface area (Å²) in [5, 5.41) is 15.8. The largest absolute Gasteiger partial charge is 0.497 e. The maximum absolute atomic E-state index is 12.2. The first kappa shape index (κ1) is 20.3. The molecule has 0 amide bonds. The van der Waals surface area contributed by atoms with Crippen LogP contribution in [0, 0.1) is 0 Å². The highest BCUT2D eigenvalue weighted by molar-refractivity contribution is 7.98. The zero-order valence-corrected chi connectivity index (χ0v) is 17.9. The average Bonchev–Trinajstić information content (AvgIpc) is 3.25. The third-order valence-corrected chi connectivity index (χ3v) is 6.56. The lowest BCUT2D eigenvalue weighted by molar-refractivity contribution is 0.0693. The van der Waals surface area contributed by atoms with Crippen LogP contribution in [0.1, 0.15) is 21.5 Å². The minimum absolute atomic E-state index is 0.216. The number of ether oxygens (including phenoxy) is 1. The number of aromatic nitrogens is 1. The van der Waals surface area contributed by atoms with Crippen LogP contribution in [0.3, 0.4) is 0 Å². The normalized spacial score (nSPS) is 10.8. The first-order valence-corrected chi connectivity index (χ1v) is 11.2. The number of rotatable bonds is 8. The number of benzene rings is 2. The highest BCUT2D eigenvalue weighted by Crippen LogP contribution is 2.37. The lowest BCUT2D eigenvalue weighted by Gasteiger charge is -2.15. The van der Waals surface area contributed by atoms with Gasteiger partial charge in [-0.05, 0) is 34.7 Å². The number of aromatic carboxylic acids is 1. The van der Waals surface area contributed by atoms with E-state index in [0.29, 0.717) is 23.0 Å². The predicted octanol–water partition coefficient (Wildman–Crippen LogP) is 5.91. The third kappa shape index (κ3) is 4.42. The van der Waals surface area contributed by atoms with Crippen molar-refractivity contribution in [2.24, 2.45) is 0 Å². The van der Waals surface area contributed by atoms with Crippen LogP contribution in [0.4, 0.5) is 5.69 Å². The number of nitrogens with zero attached hydrogens (tertiary/aromatic N) is 1. The number of pyridine rings is 1. The van der Waals surface area contributed by atoms with Crippen LogP contribution in [0.2, 0.25) is 0 Å². The minimum Gasteiger partial charge on any atom is -0.497 e. The summed E-state index contributed by atoms with van der Waals surface area (Å²) in [6.07, 6.45) is 0. The standard InChI is InChI=1S/C23H20N2O3S2/c1-28-17-9-5-8-16(12-17)13-24-20-19(23(26)27)22(25-18-10-11-29-21(18)20)30-14-15-6-3-2-4-7-15/h2-12H,13-14H2,1H3,(H,24,25)(H,26,27). The van der Waals surface area contributed by atoms with Gasteiger partial charge in [0.25, 0.3) is 0 Å². The number of thiophene rings is 1. The van der Waals surface area contributed by atoms with Crippen LogP contribution in [0.15, 0.2) is 71.1 Å². The Morgan fingerprint density at radius 2 is 1.93 bits per heavy atom. The maximum atomic E-state index is 12.2. The number of carboxylic acid groups (broad SMARTS) is 1. The topological polar surface area (TPSA) is 71.5 Å². The maximum Gasteiger partial charge on any atom is 0.340 e. The monoisotopic (exact) mass is 436 g/mol. The molecule has 4 rings (SSSR count). The molecule has 0 spiro atoms. The van der Waals surface area contributed by atoms with Crippen LogP contribution in [0.5, 0.6) is 5.75 Å². The highest BCUT2D eigenvalue weighted by Gasteiger charge is 2.22. The number of fused-ring (bicyclic) bond motifs is 1. The van der Waals surface area contributed by atoms with Gasteiger partial charge in [0.1, 0.15) is 16.3 Å². The molecule has 2 N–H and O–H groups in total. The van der Waals surface area contributed by atoms with Crippen molar-refractivity contribution in [3.63, 3.8) is 0 Å². The zero-order chi connectivity index (χ0) is 20.9. The molecule has 4 aromatic rings. The van der Waals surface area contributed by atoms with Gasteiger partial charge in [0, 0.05) is 12.3 Å². The molecule has 5 nitrogen and oxygen atoms in total. The summed E-state index contributed by atoms with van der Waals surface area (Å²) in [7, 11) is 1.63. The van der Waals surface area contributed by atoms with Crippen molar-refractivity contribution >= 4 is 45.0 Å². The lowest BCUT2D eigenvalue weighted by Crippen LogP contribution is -2.09. The summed E-state index contributed by atoms with van der Waals surface area (Å²) < 4.78 is 6.13. The number of hydrogen-bond donors (Lipinski definition) is 2. The Labute approximate surface area is 182 Å². The smallest absolute Gasteiger partial charge is 0.340 e. The second kappa shape index (κ2) is 9.19. The number of hydrogen-bond acceptors (Lipinski definition) is 6. The van der Waals surface area contributed by atoms with Gasteiger partial charge < -0.3 is 15.2 Å². The van der Waals surface area contributed by atoms with Gasteiger partial charge in [-0.3, -0.25) is 0 Å². The van der Waals surface area contributed by atoms with E-state index in [1.165, 1.54) is 23.1 Å². The molecule has 0 atom stereocenters. The summed E-state index contributed by atoms with van der Waals surface area (Å²) in [4.78, 5) is 16.9. The van der Waals surface area contributed by atoms with E-state index in [-0.39, 0.29) is 5.56 Å². The third-order valence-electron chi connectivity index (χ3n) is 4.59. The SMILES string of the molecule is COc1cccc(CNc2c(C(=O)O)c(SCc3ccccc3)nc3ccsc23)c1. The molecule has 7 heteroatoms. The van der Waals surface area contributed by atoms with Crippen LogP contribution >= 0.6 is 23.1 Å². The summed E-state index contributed by atoms with van der Waals surface area (Å²) in [6, 6.07) is 19.6. The van der Waals surface area contributed by atoms with Crippen molar-refractivity contribution in [1.82, 2.24) is 4.98 Å². The molecule has 0 aliphatic heterocycles. The fourth-order valence-corrected chi connectivity index (χ4v) is 4.99. The zero-order valence-electron chi connectivity index (χ0n) is 16.3. The van der Waals surface area contributed by atoms with E-state index in [2.05, 4.69) is 10.3 Å². The average molecular weight is 437 g/mol. The van der Waals surface area contributed by atoms with Crippen LogP contribution in [-0.2, 0) is 12.3 Å². The van der Waals surface area contributed by atoms with E-state index in [9.17, 15) is 9.90 Å². The molecule has 0 saturated heterocycles. The van der Waals surface area contributed by atoms with Crippen LogP contribution in [-0.4, -0.2) is 23.2 Å². The number of thioether (sulfide) groups is 1. The van der Waals surface area contributed by atoms with Gasteiger partial charge in [-0.15, -0.1) is 23.1 Å². The van der Waals surface area contributed by atoms with E-state index in [0.717, 1.165) is 27.1 Å². The molecule has 152 valence electrons. The van der Waals surface area contributed by atoms with Crippen molar-refractivity contribution < 1.29 is 14.6 Å². The minimum atomic E-state index is -0.985. The summed E-state index contributed by atoms with van der Waals surface area (Å²) in [6.45, 7) is 0.483. The van der Waals surface area contributed by atoms with Crippen molar-refractivity contribution in [2.75, 3.05) is 12.4 Å². The Balaban J connectivity index is 1.68. The van der Waals surface area contributed by atoms with E-state index in [1.54, 1.807) is 7.11 Å². The second-order valence-corrected chi connectivity index (χ2v) is 8.47. The number of anilines is 1. The Bertz CT molecular complexity index is 1180. The van der Waals surface area contributed by atoms with E-state index in [1.807, 2.05) is 66.0 Å². The van der Waals surface area contributed by atoms with Crippen molar-refractivity contribution in [2.45, 2.75) is 17.3 Å². The number of carbonyl (C=O) groups is 1. The molecule has 0 aliphatic carbocycles. The number of nitrogens with one attached hydrogen (secondary N) is 1. The first-order valence-electron chi connectivity index (χ1n) is 9.33. The van der Waals surface area contributed by atoms with E-state index < -0.39 is 5.97 Å². The first-order chi connectivity index (χ1) is 14.7. The van der Waals surface area contributed by atoms with Gasteiger partial charge in [0.05, 0.1) is 23.0 Å². The van der Waals surface area contributed by atoms with Crippen LogP contribution in [0.25, 0.3) is 10.2 Å². The molecular formula is C23H20N2O3S2. The molecule has 0 radical (unpaired) electrons. The van der Waals surface area contributed by atoms with Gasteiger partial charge in [-0.25, -0.2) is 9.78 Å². The Morgan fingerprint density at radius 1 is 1.13 bits per heavy atom. The molecule has 0 bridgehead atoms. The van der Waals surface area contributed by atoms with Gasteiger partial charge in [-0.1, -0.05) is 42.5 Å². The van der Waals surface area contributed by atoms with Crippen molar-refractivity contribution in [3.05, 3.63) is 82.7 Å². The van der Waals surface area contributed by atoms with E-state index >= 15 is 0 Å². The van der Waals surface area contributed by atoms with Crippen molar-refractivity contribution in [3.8, 4) is 5.75 Å². The fraction of sp³-hybridized carbons (Fsp3) is 0.130. The molecule has 0 aliphatic rings. The molecule has 2 aromatic carbocycles. The molecular weight excluding hydrogens is 416 g/mol. The van der Waals surface area contributed by atoms with Gasteiger partial charge in [-0.2, -0.15) is 0 Å². The summed E-state index contributed by atoms with van der Waals surface area (Å²) in [5.41, 5.74) is 3.76.